The summed E-state index contributed by atoms with van der Waals surface area (Å²) < 4.78 is 5.88. The Kier molecular flexibility index (Phi) is 5.76. The highest BCUT2D eigenvalue weighted by atomic mass is 16.5. The van der Waals surface area contributed by atoms with Gasteiger partial charge in [-0.1, -0.05) is 46.3 Å². The first-order chi connectivity index (χ1) is 16.6. The van der Waals surface area contributed by atoms with Gasteiger partial charge in [0.2, 0.25) is 0 Å². The summed E-state index contributed by atoms with van der Waals surface area (Å²) in [5.74, 6) is 0.716. The minimum Gasteiger partial charge on any atom is -0.481 e. The average molecular weight is 497 g/mol. The van der Waals surface area contributed by atoms with Gasteiger partial charge in [0.25, 0.3) is 0 Å². The summed E-state index contributed by atoms with van der Waals surface area (Å²) >= 11 is 0. The Morgan fingerprint density at radius 3 is 2.22 bits per heavy atom. The highest BCUT2D eigenvalue weighted by Gasteiger charge is 2.70. The third kappa shape index (κ3) is 3.11. The van der Waals surface area contributed by atoms with Gasteiger partial charge < -0.3 is 9.84 Å². The Labute approximate surface area is 218 Å². The zero-order valence-corrected chi connectivity index (χ0v) is 23.9. The Morgan fingerprint density at radius 2 is 1.58 bits per heavy atom. The minimum atomic E-state index is -0.706. The number of allylic oxidation sites excluding steroid dienone is 3. The number of ether oxygens (including phenoxy) is 1. The van der Waals surface area contributed by atoms with Crippen LogP contribution in [0.1, 0.15) is 113 Å². The molecule has 4 heteroatoms. The van der Waals surface area contributed by atoms with Crippen LogP contribution < -0.4 is 0 Å². The molecule has 0 bridgehead atoms. The molecule has 0 radical (unpaired) electrons. The van der Waals surface area contributed by atoms with Crippen molar-refractivity contribution in [2.75, 3.05) is 0 Å². The highest BCUT2D eigenvalue weighted by Crippen LogP contribution is 2.76. The van der Waals surface area contributed by atoms with E-state index in [1.165, 1.54) is 29.6 Å². The van der Waals surface area contributed by atoms with E-state index in [-0.39, 0.29) is 33.7 Å². The number of hydrogen-bond donors (Lipinski definition) is 1. The van der Waals surface area contributed by atoms with E-state index in [2.05, 4.69) is 54.5 Å². The van der Waals surface area contributed by atoms with Crippen LogP contribution in [-0.2, 0) is 14.3 Å². The van der Waals surface area contributed by atoms with Crippen molar-refractivity contribution in [3.05, 3.63) is 22.8 Å². The molecule has 1 N–H and O–H groups in total. The number of carbonyl (C=O) groups is 2. The number of carbonyl (C=O) groups excluding carboxylic acids is 1. The van der Waals surface area contributed by atoms with Gasteiger partial charge in [0.05, 0.1) is 5.41 Å². The predicted molar refractivity (Wildman–Crippen MR) is 142 cm³/mol. The van der Waals surface area contributed by atoms with Gasteiger partial charge in [0.1, 0.15) is 6.10 Å². The first kappa shape index (κ1) is 26.0. The highest BCUT2D eigenvalue weighted by molar-refractivity contribution is 5.81. The molecule has 0 unspecified atom stereocenters. The second kappa shape index (κ2) is 7.96. The summed E-state index contributed by atoms with van der Waals surface area (Å²) in [6.07, 6.45) is 11.3. The molecule has 5 aliphatic rings. The number of carboxylic acids is 1. The van der Waals surface area contributed by atoms with Gasteiger partial charge in [0, 0.05) is 12.3 Å². The van der Waals surface area contributed by atoms with Gasteiger partial charge in [-0.05, 0) is 117 Å². The largest absolute Gasteiger partial charge is 0.481 e. The lowest BCUT2D eigenvalue weighted by Gasteiger charge is -2.72. The zero-order valence-electron chi connectivity index (χ0n) is 23.9. The van der Waals surface area contributed by atoms with Crippen LogP contribution in [0, 0.1) is 44.8 Å². The molecule has 8 atom stereocenters. The van der Waals surface area contributed by atoms with Gasteiger partial charge in [-0.15, -0.1) is 0 Å². The number of hydrogen-bond acceptors (Lipinski definition) is 3. The first-order valence-electron chi connectivity index (χ1n) is 14.4. The lowest BCUT2D eigenvalue weighted by molar-refractivity contribution is -0.233. The fraction of sp³-hybridized carbons (Fsp3) is 0.812. The van der Waals surface area contributed by atoms with Gasteiger partial charge >= 0.3 is 11.9 Å². The van der Waals surface area contributed by atoms with Crippen molar-refractivity contribution in [2.24, 2.45) is 44.8 Å². The molecular formula is C32H48O4. The van der Waals surface area contributed by atoms with Crippen molar-refractivity contribution in [3.63, 3.8) is 0 Å². The van der Waals surface area contributed by atoms with E-state index in [0.29, 0.717) is 24.2 Å². The summed E-state index contributed by atoms with van der Waals surface area (Å²) in [6, 6.07) is 0. The summed E-state index contributed by atoms with van der Waals surface area (Å²) in [5, 5.41) is 10.5. The molecule has 0 saturated heterocycles. The standard InChI is InChI=1S/C32H48O4/c1-19-11-16-32(27(34)35)18-17-30(7)22(26(32)20(19)2)9-10-24-29(6)14-13-25(36-21(3)33)28(4,5)23(29)12-15-31(24,30)8/h11,22-25H,9-10,12-18H2,1-8H3,(H,34,35)/t22-,23+,24-,25-,29+,30-,31-,32+/m1/s1. The average Bonchev–Trinajstić information content (AvgIpc) is 2.78. The number of esters is 1. The maximum Gasteiger partial charge on any atom is 0.314 e. The Hall–Kier alpha value is -1.58. The molecule has 0 heterocycles. The van der Waals surface area contributed by atoms with E-state index < -0.39 is 11.4 Å². The van der Waals surface area contributed by atoms with Crippen LogP contribution in [0.25, 0.3) is 0 Å². The SMILES string of the molecule is CC(=O)O[C@@H]1CC[C@]2(C)[C@H]3CC[C@@H]4C5=C(C)C(C)=CC[C@]5(C(=O)O)CC[C@@]4(C)[C@]3(C)CC[C@H]2C1(C)C. The van der Waals surface area contributed by atoms with Crippen LogP contribution in [-0.4, -0.2) is 23.1 Å². The molecule has 36 heavy (non-hydrogen) atoms. The Morgan fingerprint density at radius 1 is 0.889 bits per heavy atom. The molecule has 0 aromatic carbocycles. The quantitative estimate of drug-likeness (QED) is 0.397. The number of fused-ring (bicyclic) bond motifs is 7. The molecule has 4 saturated carbocycles. The summed E-state index contributed by atoms with van der Waals surface area (Å²) in [5.41, 5.74) is 3.56. The molecule has 4 fully saturated rings. The van der Waals surface area contributed by atoms with Crippen LogP contribution >= 0.6 is 0 Å². The van der Waals surface area contributed by atoms with Crippen molar-refractivity contribution in [1.82, 2.24) is 0 Å². The van der Waals surface area contributed by atoms with Crippen LogP contribution in [0.2, 0.25) is 0 Å². The van der Waals surface area contributed by atoms with Crippen molar-refractivity contribution in [2.45, 2.75) is 119 Å². The summed E-state index contributed by atoms with van der Waals surface area (Å²) in [4.78, 5) is 24.7. The lowest BCUT2D eigenvalue weighted by Crippen LogP contribution is -2.66. The second-order valence-corrected chi connectivity index (χ2v) is 14.6. The third-order valence-corrected chi connectivity index (χ3v) is 13.2. The second-order valence-electron chi connectivity index (χ2n) is 14.6. The van der Waals surface area contributed by atoms with E-state index in [0.717, 1.165) is 38.5 Å². The Balaban J connectivity index is 1.55. The maximum atomic E-state index is 12.8. The van der Waals surface area contributed by atoms with Crippen molar-refractivity contribution in [3.8, 4) is 0 Å². The normalized spacial score (nSPS) is 47.5. The van der Waals surface area contributed by atoms with Crippen LogP contribution in [0.15, 0.2) is 22.8 Å². The lowest BCUT2D eigenvalue weighted by atomic mass is 9.32. The molecular weight excluding hydrogens is 448 g/mol. The molecule has 0 amide bonds. The predicted octanol–water partition coefficient (Wildman–Crippen LogP) is 7.72. The molecule has 5 rings (SSSR count). The van der Waals surface area contributed by atoms with Gasteiger partial charge in [0.15, 0.2) is 0 Å². The van der Waals surface area contributed by atoms with E-state index in [4.69, 9.17) is 4.74 Å². The van der Waals surface area contributed by atoms with Gasteiger partial charge in [-0.2, -0.15) is 0 Å². The summed E-state index contributed by atoms with van der Waals surface area (Å²) in [7, 11) is 0. The Bertz CT molecular complexity index is 1050. The van der Waals surface area contributed by atoms with E-state index in [9.17, 15) is 14.7 Å². The van der Waals surface area contributed by atoms with Crippen molar-refractivity contribution < 1.29 is 19.4 Å². The van der Waals surface area contributed by atoms with E-state index >= 15 is 0 Å². The van der Waals surface area contributed by atoms with Crippen molar-refractivity contribution in [1.29, 1.82) is 0 Å². The molecule has 5 aliphatic carbocycles. The number of rotatable bonds is 2. The number of aliphatic carboxylic acids is 1. The topological polar surface area (TPSA) is 63.6 Å². The van der Waals surface area contributed by atoms with Crippen LogP contribution in [0.5, 0.6) is 0 Å². The summed E-state index contributed by atoms with van der Waals surface area (Å²) in [6.45, 7) is 18.2. The van der Waals surface area contributed by atoms with Crippen LogP contribution in [0.4, 0.5) is 0 Å². The molecule has 0 aliphatic heterocycles. The first-order valence-corrected chi connectivity index (χ1v) is 14.4. The van der Waals surface area contributed by atoms with Crippen molar-refractivity contribution >= 4 is 11.9 Å². The molecule has 0 aromatic heterocycles. The van der Waals surface area contributed by atoms with Crippen LogP contribution in [0.3, 0.4) is 0 Å². The third-order valence-electron chi connectivity index (χ3n) is 13.2. The van der Waals surface area contributed by atoms with E-state index in [1.54, 1.807) is 6.92 Å². The fourth-order valence-corrected chi connectivity index (χ4v) is 11.0. The smallest absolute Gasteiger partial charge is 0.314 e. The van der Waals surface area contributed by atoms with Gasteiger partial charge in [-0.25, -0.2) is 0 Å². The maximum absolute atomic E-state index is 12.8. The van der Waals surface area contributed by atoms with E-state index in [1.807, 2.05) is 0 Å². The molecule has 0 spiro atoms. The number of carboxylic acid groups (broad SMARTS) is 1. The molecule has 4 nitrogen and oxygen atoms in total. The molecule has 0 aromatic rings. The molecule has 200 valence electrons. The fourth-order valence-electron chi connectivity index (χ4n) is 11.0. The zero-order chi connectivity index (χ0) is 26.5. The van der Waals surface area contributed by atoms with Gasteiger partial charge in [-0.3, -0.25) is 9.59 Å². The monoisotopic (exact) mass is 496 g/mol. The minimum absolute atomic E-state index is 0.0000248.